The number of nitrogens with zero attached hydrogens (tertiary/aromatic N) is 2. The van der Waals surface area contributed by atoms with Crippen LogP contribution in [0, 0.1) is 0 Å². The lowest BCUT2D eigenvalue weighted by Crippen LogP contribution is -2.39. The van der Waals surface area contributed by atoms with Crippen LogP contribution in [0.25, 0.3) is 0 Å². The summed E-state index contributed by atoms with van der Waals surface area (Å²) in [6.07, 6.45) is 0.872. The van der Waals surface area contributed by atoms with E-state index in [1.165, 1.54) is 0 Å². The van der Waals surface area contributed by atoms with Gasteiger partial charge in [-0.15, -0.1) is 24.0 Å². The molecule has 2 aromatic rings. The number of hydrogen-bond donors (Lipinski definition) is 3. The first-order valence-corrected chi connectivity index (χ1v) is 9.39. The van der Waals surface area contributed by atoms with Crippen LogP contribution in [0.15, 0.2) is 33.8 Å². The van der Waals surface area contributed by atoms with Gasteiger partial charge in [0.15, 0.2) is 5.96 Å². The molecule has 0 bridgehead atoms. The molecule has 2 rings (SSSR count). The first-order chi connectivity index (χ1) is 12.6. The highest BCUT2D eigenvalue weighted by molar-refractivity contribution is 14.0. The Morgan fingerprint density at radius 1 is 1.22 bits per heavy atom. The number of aryl methyl sites for hydroxylation is 2. The van der Waals surface area contributed by atoms with Gasteiger partial charge in [-0.3, -0.25) is 0 Å². The van der Waals surface area contributed by atoms with Crippen molar-refractivity contribution >= 4 is 41.5 Å². The highest BCUT2D eigenvalue weighted by Crippen LogP contribution is 2.22. The molecule has 0 aliphatic carbocycles. The van der Waals surface area contributed by atoms with Crippen LogP contribution in [0.3, 0.4) is 0 Å². The Bertz CT molecular complexity index is 715. The highest BCUT2D eigenvalue weighted by atomic mass is 127. The molecule has 3 N–H and O–H groups in total. The topological polar surface area (TPSA) is 82.7 Å². The van der Waals surface area contributed by atoms with Crippen molar-refractivity contribution in [2.45, 2.75) is 46.3 Å². The molecule has 8 heteroatoms. The second-order valence-electron chi connectivity index (χ2n) is 5.85. The molecule has 1 atom stereocenters. The Labute approximate surface area is 182 Å². The van der Waals surface area contributed by atoms with E-state index in [2.05, 4.69) is 20.8 Å². The van der Waals surface area contributed by atoms with E-state index in [0.717, 1.165) is 36.4 Å². The number of rotatable bonds is 8. The summed E-state index contributed by atoms with van der Waals surface area (Å²) in [5.41, 5.74) is 2.68. The Hall–Kier alpha value is -1.32. The molecule has 0 fully saturated rings. The van der Waals surface area contributed by atoms with Gasteiger partial charge < -0.3 is 20.3 Å². The standard InChI is InChI=1S/C19H27ClN4O2.HI/c1-4-16-14(18(5-2)26-24-16)11-22-19(21-6-3)23-12-17(25)13-9-7-8-10-15(13)20;/h7-10,17,25H,4-6,11-12H2,1-3H3,(H2,21,22,23);1H. The maximum absolute atomic E-state index is 10.4. The number of benzene rings is 1. The zero-order chi connectivity index (χ0) is 18.9. The summed E-state index contributed by atoms with van der Waals surface area (Å²) in [4.78, 5) is 4.61. The third-order valence-corrected chi connectivity index (χ3v) is 4.42. The molecule has 1 unspecified atom stereocenters. The second-order valence-corrected chi connectivity index (χ2v) is 6.26. The number of aliphatic imine (C=N–C) groups is 1. The Morgan fingerprint density at radius 2 is 1.96 bits per heavy atom. The van der Waals surface area contributed by atoms with E-state index in [1.54, 1.807) is 6.07 Å². The van der Waals surface area contributed by atoms with Crippen molar-refractivity contribution in [3.05, 3.63) is 51.9 Å². The minimum absolute atomic E-state index is 0. The number of nitrogens with one attached hydrogen (secondary N) is 2. The van der Waals surface area contributed by atoms with Gasteiger partial charge in [0.2, 0.25) is 0 Å². The minimum Gasteiger partial charge on any atom is -0.387 e. The van der Waals surface area contributed by atoms with E-state index in [9.17, 15) is 5.11 Å². The molecule has 0 aliphatic rings. The maximum Gasteiger partial charge on any atom is 0.191 e. The van der Waals surface area contributed by atoms with Crippen LogP contribution in [0.1, 0.15) is 49.5 Å². The molecule has 27 heavy (non-hydrogen) atoms. The molecule has 1 aromatic heterocycles. The smallest absolute Gasteiger partial charge is 0.191 e. The monoisotopic (exact) mass is 506 g/mol. The predicted octanol–water partition coefficient (Wildman–Crippen LogP) is 3.86. The first kappa shape index (κ1) is 23.7. The van der Waals surface area contributed by atoms with Gasteiger partial charge in [-0.2, -0.15) is 0 Å². The maximum atomic E-state index is 10.4. The number of aromatic nitrogens is 1. The van der Waals surface area contributed by atoms with Crippen molar-refractivity contribution in [1.82, 2.24) is 15.8 Å². The Kier molecular flexibility index (Phi) is 10.7. The lowest BCUT2D eigenvalue weighted by Gasteiger charge is -2.16. The molecular formula is C19H28ClIN4O2. The number of aliphatic hydroxyl groups excluding tert-OH is 1. The average molecular weight is 507 g/mol. The number of guanidine groups is 1. The summed E-state index contributed by atoms with van der Waals surface area (Å²) in [6.45, 7) is 7.59. The molecule has 0 saturated carbocycles. The van der Waals surface area contributed by atoms with Gasteiger partial charge in [-0.05, 0) is 19.4 Å². The van der Waals surface area contributed by atoms with Crippen LogP contribution in [0.4, 0.5) is 0 Å². The van der Waals surface area contributed by atoms with E-state index in [4.69, 9.17) is 16.1 Å². The van der Waals surface area contributed by atoms with Crippen molar-refractivity contribution < 1.29 is 9.63 Å². The van der Waals surface area contributed by atoms with Crippen molar-refractivity contribution in [3.8, 4) is 0 Å². The SMILES string of the molecule is CCNC(=NCc1c(CC)noc1CC)NCC(O)c1ccccc1Cl.I. The molecule has 0 aliphatic heterocycles. The van der Waals surface area contributed by atoms with Crippen molar-refractivity contribution in [2.75, 3.05) is 13.1 Å². The lowest BCUT2D eigenvalue weighted by atomic mass is 10.1. The summed E-state index contributed by atoms with van der Waals surface area (Å²) in [5.74, 6) is 1.50. The van der Waals surface area contributed by atoms with Crippen LogP contribution in [0.5, 0.6) is 0 Å². The fourth-order valence-electron chi connectivity index (χ4n) is 2.67. The second kappa shape index (κ2) is 12.2. The summed E-state index contributed by atoms with van der Waals surface area (Å²) >= 11 is 6.14. The molecule has 150 valence electrons. The fourth-order valence-corrected chi connectivity index (χ4v) is 2.93. The largest absolute Gasteiger partial charge is 0.387 e. The van der Waals surface area contributed by atoms with Crippen LogP contribution in [-0.2, 0) is 19.4 Å². The Balaban J connectivity index is 0.00000364. The van der Waals surface area contributed by atoms with E-state index in [0.29, 0.717) is 29.6 Å². The quantitative estimate of drug-likeness (QED) is 0.288. The van der Waals surface area contributed by atoms with E-state index in [-0.39, 0.29) is 24.0 Å². The molecule has 0 spiro atoms. The summed E-state index contributed by atoms with van der Waals surface area (Å²) in [7, 11) is 0. The number of halogens is 2. The van der Waals surface area contributed by atoms with Gasteiger partial charge in [0.05, 0.1) is 18.3 Å². The van der Waals surface area contributed by atoms with E-state index < -0.39 is 6.10 Å². The average Bonchev–Trinajstić information content (AvgIpc) is 3.06. The van der Waals surface area contributed by atoms with Gasteiger partial charge in [-0.25, -0.2) is 4.99 Å². The molecule has 0 saturated heterocycles. The highest BCUT2D eigenvalue weighted by Gasteiger charge is 2.14. The minimum atomic E-state index is -0.722. The molecule has 6 nitrogen and oxygen atoms in total. The van der Waals surface area contributed by atoms with Crippen LogP contribution >= 0.6 is 35.6 Å². The Morgan fingerprint density at radius 3 is 2.59 bits per heavy atom. The molecule has 0 radical (unpaired) electrons. The first-order valence-electron chi connectivity index (χ1n) is 9.01. The molecular weight excluding hydrogens is 479 g/mol. The molecule has 1 heterocycles. The summed E-state index contributed by atoms with van der Waals surface area (Å²) in [5, 5.41) is 21.4. The van der Waals surface area contributed by atoms with Crippen LogP contribution in [0.2, 0.25) is 5.02 Å². The number of hydrogen-bond acceptors (Lipinski definition) is 4. The predicted molar refractivity (Wildman–Crippen MR) is 120 cm³/mol. The zero-order valence-corrected chi connectivity index (χ0v) is 19.0. The van der Waals surface area contributed by atoms with Gasteiger partial charge in [0, 0.05) is 35.7 Å². The summed E-state index contributed by atoms with van der Waals surface area (Å²) in [6, 6.07) is 7.28. The normalized spacial score (nSPS) is 12.4. The zero-order valence-electron chi connectivity index (χ0n) is 16.0. The third-order valence-electron chi connectivity index (χ3n) is 4.07. The van der Waals surface area contributed by atoms with Crippen molar-refractivity contribution in [3.63, 3.8) is 0 Å². The van der Waals surface area contributed by atoms with Crippen LogP contribution < -0.4 is 10.6 Å². The van der Waals surface area contributed by atoms with Gasteiger partial charge in [0.1, 0.15) is 5.76 Å². The molecule has 0 amide bonds. The van der Waals surface area contributed by atoms with Crippen LogP contribution in [-0.4, -0.2) is 29.3 Å². The lowest BCUT2D eigenvalue weighted by molar-refractivity contribution is 0.181. The summed E-state index contributed by atoms with van der Waals surface area (Å²) < 4.78 is 5.38. The third kappa shape index (κ3) is 6.65. The number of aliphatic hydroxyl groups is 1. The van der Waals surface area contributed by atoms with Gasteiger partial charge >= 0.3 is 0 Å². The van der Waals surface area contributed by atoms with Crippen molar-refractivity contribution in [1.29, 1.82) is 0 Å². The van der Waals surface area contributed by atoms with E-state index >= 15 is 0 Å². The van der Waals surface area contributed by atoms with Gasteiger partial charge in [0.25, 0.3) is 0 Å². The molecule has 1 aromatic carbocycles. The van der Waals surface area contributed by atoms with Crippen molar-refractivity contribution in [2.24, 2.45) is 4.99 Å². The van der Waals surface area contributed by atoms with E-state index in [1.807, 2.05) is 39.0 Å². The fraction of sp³-hybridized carbons (Fsp3) is 0.474. The van der Waals surface area contributed by atoms with Gasteiger partial charge in [-0.1, -0.05) is 48.8 Å².